The Morgan fingerprint density at radius 1 is 1.26 bits per heavy atom. The number of nitrogen functional groups attached to an aromatic ring is 1. The quantitative estimate of drug-likeness (QED) is 0.914. The zero-order chi connectivity index (χ0) is 14.2. The molecule has 0 amide bonds. The van der Waals surface area contributed by atoms with E-state index in [1.54, 1.807) is 0 Å². The van der Waals surface area contributed by atoms with Crippen LogP contribution in [0.25, 0.3) is 0 Å². The second-order valence-corrected chi connectivity index (χ2v) is 5.82. The van der Waals surface area contributed by atoms with Crippen LogP contribution in [0.15, 0.2) is 6.07 Å². The van der Waals surface area contributed by atoms with Gasteiger partial charge in [-0.1, -0.05) is 26.0 Å². The molecule has 0 bridgehead atoms. The van der Waals surface area contributed by atoms with Crippen LogP contribution < -0.4 is 5.73 Å². The highest BCUT2D eigenvalue weighted by Crippen LogP contribution is 2.26. The van der Waals surface area contributed by atoms with Crippen molar-refractivity contribution in [1.82, 2.24) is 24.8 Å². The first-order valence-electron chi connectivity index (χ1n) is 6.55. The van der Waals surface area contributed by atoms with Crippen molar-refractivity contribution in [3.05, 3.63) is 23.1 Å². The number of rotatable bonds is 3. The van der Waals surface area contributed by atoms with Crippen molar-refractivity contribution in [3.8, 4) is 0 Å². The van der Waals surface area contributed by atoms with Crippen LogP contribution in [0.4, 0.5) is 5.82 Å². The predicted octanol–water partition coefficient (Wildman–Crippen LogP) is 1.73. The fourth-order valence-electron chi connectivity index (χ4n) is 2.36. The molecule has 0 aliphatic carbocycles. The van der Waals surface area contributed by atoms with Crippen molar-refractivity contribution in [2.75, 3.05) is 5.73 Å². The third-order valence-corrected chi connectivity index (χ3v) is 3.07. The molecule has 0 atom stereocenters. The maximum Gasteiger partial charge on any atom is 0.169 e. The first kappa shape index (κ1) is 13.6. The Morgan fingerprint density at radius 3 is 2.53 bits per heavy atom. The fourth-order valence-corrected chi connectivity index (χ4v) is 2.36. The molecular weight excluding hydrogens is 240 g/mol. The van der Waals surface area contributed by atoms with E-state index in [0.717, 1.165) is 23.6 Å². The lowest BCUT2D eigenvalue weighted by atomic mass is 9.92. The van der Waals surface area contributed by atoms with Crippen LogP contribution in [0.2, 0.25) is 0 Å². The third-order valence-electron chi connectivity index (χ3n) is 3.07. The molecule has 2 rings (SSSR count). The number of hydrogen-bond donors (Lipinski definition) is 1. The second kappa shape index (κ2) is 4.68. The molecule has 0 radical (unpaired) electrons. The van der Waals surface area contributed by atoms with Gasteiger partial charge in [0.05, 0.1) is 23.6 Å². The maximum atomic E-state index is 5.94. The van der Waals surface area contributed by atoms with Crippen molar-refractivity contribution in [2.45, 2.75) is 53.1 Å². The van der Waals surface area contributed by atoms with Gasteiger partial charge in [-0.3, -0.25) is 4.68 Å². The molecule has 0 saturated carbocycles. The molecule has 0 aliphatic rings. The molecule has 0 unspecified atom stereocenters. The van der Waals surface area contributed by atoms with Crippen molar-refractivity contribution >= 4 is 5.82 Å². The minimum absolute atomic E-state index is 0.0836. The molecule has 19 heavy (non-hydrogen) atoms. The fraction of sp³-hybridized carbons (Fsp3) is 0.615. The molecule has 0 spiro atoms. The Morgan fingerprint density at radius 2 is 1.95 bits per heavy atom. The molecule has 0 aliphatic heterocycles. The second-order valence-electron chi connectivity index (χ2n) is 5.82. The van der Waals surface area contributed by atoms with E-state index >= 15 is 0 Å². The van der Waals surface area contributed by atoms with Crippen LogP contribution in [-0.4, -0.2) is 24.8 Å². The number of nitrogens with two attached hydrogens (primary N) is 1. The van der Waals surface area contributed by atoms with Gasteiger partial charge >= 0.3 is 0 Å². The summed E-state index contributed by atoms with van der Waals surface area (Å²) in [6, 6.07) is 2.08. The molecular formula is C13H22N6. The highest BCUT2D eigenvalue weighted by molar-refractivity contribution is 5.38. The van der Waals surface area contributed by atoms with E-state index in [-0.39, 0.29) is 5.41 Å². The summed E-state index contributed by atoms with van der Waals surface area (Å²) in [5.41, 5.74) is 8.96. The number of hydrogen-bond acceptors (Lipinski definition) is 4. The van der Waals surface area contributed by atoms with Crippen molar-refractivity contribution in [2.24, 2.45) is 0 Å². The van der Waals surface area contributed by atoms with Crippen LogP contribution in [0.3, 0.4) is 0 Å². The first-order valence-corrected chi connectivity index (χ1v) is 6.55. The molecule has 2 aromatic rings. The lowest BCUT2D eigenvalue weighted by molar-refractivity contribution is 0.487. The van der Waals surface area contributed by atoms with Gasteiger partial charge in [0, 0.05) is 12.0 Å². The molecule has 2 heterocycles. The SMILES string of the molecule is CCn1nc(C)cc1Cn1nnc(N)c1C(C)(C)C. The third kappa shape index (κ3) is 2.62. The molecule has 0 saturated heterocycles. The maximum absolute atomic E-state index is 5.94. The molecule has 104 valence electrons. The van der Waals surface area contributed by atoms with Gasteiger partial charge in [0.25, 0.3) is 0 Å². The van der Waals surface area contributed by atoms with Crippen LogP contribution in [0.1, 0.15) is 44.8 Å². The summed E-state index contributed by atoms with van der Waals surface area (Å²) in [5.74, 6) is 0.506. The summed E-state index contributed by atoms with van der Waals surface area (Å²) in [6.45, 7) is 11.9. The summed E-state index contributed by atoms with van der Waals surface area (Å²) < 4.78 is 3.86. The van der Waals surface area contributed by atoms with E-state index in [0.29, 0.717) is 12.4 Å². The number of nitrogens with zero attached hydrogens (tertiary/aromatic N) is 5. The predicted molar refractivity (Wildman–Crippen MR) is 74.9 cm³/mol. The van der Waals surface area contributed by atoms with Crippen LogP contribution >= 0.6 is 0 Å². The molecule has 6 heteroatoms. The van der Waals surface area contributed by atoms with E-state index in [2.05, 4.69) is 49.2 Å². The Bertz CT molecular complexity index is 572. The molecule has 6 nitrogen and oxygen atoms in total. The van der Waals surface area contributed by atoms with Crippen LogP contribution in [0.5, 0.6) is 0 Å². The zero-order valence-corrected chi connectivity index (χ0v) is 12.3. The molecule has 0 aromatic carbocycles. The van der Waals surface area contributed by atoms with E-state index < -0.39 is 0 Å². The molecule has 2 aromatic heterocycles. The van der Waals surface area contributed by atoms with Gasteiger partial charge in [-0.05, 0) is 19.9 Å². The Kier molecular flexibility index (Phi) is 3.34. The van der Waals surface area contributed by atoms with Gasteiger partial charge in [0.1, 0.15) is 0 Å². The van der Waals surface area contributed by atoms with E-state index in [1.165, 1.54) is 0 Å². The zero-order valence-electron chi connectivity index (χ0n) is 12.3. The Labute approximate surface area is 113 Å². The molecule has 0 fully saturated rings. The van der Waals surface area contributed by atoms with Gasteiger partial charge in [0.15, 0.2) is 5.82 Å². The van der Waals surface area contributed by atoms with Crippen molar-refractivity contribution in [3.63, 3.8) is 0 Å². The first-order chi connectivity index (χ1) is 8.82. The minimum atomic E-state index is -0.0836. The number of aromatic nitrogens is 5. The van der Waals surface area contributed by atoms with E-state index in [9.17, 15) is 0 Å². The average Bonchev–Trinajstić information content (AvgIpc) is 2.82. The van der Waals surface area contributed by atoms with Crippen LogP contribution in [-0.2, 0) is 18.5 Å². The van der Waals surface area contributed by atoms with Gasteiger partial charge in [-0.25, -0.2) is 4.68 Å². The van der Waals surface area contributed by atoms with Gasteiger partial charge < -0.3 is 5.73 Å². The van der Waals surface area contributed by atoms with E-state index in [4.69, 9.17) is 5.73 Å². The van der Waals surface area contributed by atoms with Crippen molar-refractivity contribution in [1.29, 1.82) is 0 Å². The minimum Gasteiger partial charge on any atom is -0.381 e. The normalized spacial score (nSPS) is 12.1. The van der Waals surface area contributed by atoms with Gasteiger partial charge in [-0.2, -0.15) is 5.10 Å². The monoisotopic (exact) mass is 262 g/mol. The standard InChI is InChI=1S/C13H22N6/c1-6-18-10(7-9(2)16-18)8-19-11(13(3,4)5)12(14)15-17-19/h7H,6,8,14H2,1-5H3. The molecule has 2 N–H and O–H groups in total. The average molecular weight is 262 g/mol. The summed E-state index contributed by atoms with van der Waals surface area (Å²) in [4.78, 5) is 0. The lowest BCUT2D eigenvalue weighted by Crippen LogP contribution is -2.21. The van der Waals surface area contributed by atoms with Crippen molar-refractivity contribution < 1.29 is 0 Å². The number of aryl methyl sites for hydroxylation is 2. The summed E-state index contributed by atoms with van der Waals surface area (Å²) >= 11 is 0. The summed E-state index contributed by atoms with van der Waals surface area (Å²) in [6.07, 6.45) is 0. The number of anilines is 1. The highest BCUT2D eigenvalue weighted by Gasteiger charge is 2.24. The summed E-state index contributed by atoms with van der Waals surface area (Å²) in [5, 5.41) is 12.6. The van der Waals surface area contributed by atoms with Gasteiger partial charge in [-0.15, -0.1) is 5.10 Å². The Balaban J connectivity index is 2.39. The highest BCUT2D eigenvalue weighted by atomic mass is 15.5. The van der Waals surface area contributed by atoms with E-state index in [1.807, 2.05) is 16.3 Å². The topological polar surface area (TPSA) is 74.5 Å². The smallest absolute Gasteiger partial charge is 0.169 e. The van der Waals surface area contributed by atoms with Gasteiger partial charge in [0.2, 0.25) is 0 Å². The van der Waals surface area contributed by atoms with Crippen LogP contribution in [0, 0.1) is 6.92 Å². The summed E-state index contributed by atoms with van der Waals surface area (Å²) in [7, 11) is 0. The largest absolute Gasteiger partial charge is 0.381 e. The lowest BCUT2D eigenvalue weighted by Gasteiger charge is -2.20. The Hall–Kier alpha value is -1.85.